The average molecular weight is 350 g/mol. The van der Waals surface area contributed by atoms with E-state index >= 15 is 0 Å². The second kappa shape index (κ2) is 5.09. The van der Waals surface area contributed by atoms with Gasteiger partial charge in [0.1, 0.15) is 5.84 Å². The van der Waals surface area contributed by atoms with E-state index in [1.54, 1.807) is 11.0 Å². The van der Waals surface area contributed by atoms with Crippen LogP contribution in [0.5, 0.6) is 0 Å². The van der Waals surface area contributed by atoms with Gasteiger partial charge in [0.2, 0.25) is 0 Å². The van der Waals surface area contributed by atoms with Crippen molar-refractivity contribution in [3.05, 3.63) is 28.0 Å². The standard InChI is InChI=1S/C11H13BrFN3O2S/c12-9-7(11(14)15)1-2-8(10(9)13)16-3-5-19(17,18)6-4-16/h1-2H,3-6H2,(H3,14,15). The Bertz CT molecular complexity index is 619. The highest BCUT2D eigenvalue weighted by molar-refractivity contribution is 9.10. The van der Waals surface area contributed by atoms with Crippen LogP contribution in [0.15, 0.2) is 16.6 Å². The van der Waals surface area contributed by atoms with E-state index in [2.05, 4.69) is 15.9 Å². The first-order valence-corrected chi connectivity index (χ1v) is 8.21. The van der Waals surface area contributed by atoms with Gasteiger partial charge in [0, 0.05) is 18.7 Å². The molecule has 0 unspecified atom stereocenters. The first kappa shape index (κ1) is 14.3. The molecule has 19 heavy (non-hydrogen) atoms. The zero-order valence-corrected chi connectivity index (χ0v) is 12.4. The van der Waals surface area contributed by atoms with Crippen molar-refractivity contribution in [1.29, 1.82) is 5.41 Å². The molecule has 1 fully saturated rings. The molecule has 0 radical (unpaired) electrons. The summed E-state index contributed by atoms with van der Waals surface area (Å²) in [5.74, 6) is -0.692. The van der Waals surface area contributed by atoms with Gasteiger partial charge in [-0.1, -0.05) is 0 Å². The first-order valence-electron chi connectivity index (χ1n) is 5.59. The Morgan fingerprint density at radius 1 is 1.37 bits per heavy atom. The van der Waals surface area contributed by atoms with Crippen molar-refractivity contribution in [2.45, 2.75) is 0 Å². The first-order chi connectivity index (χ1) is 8.82. The molecule has 8 heteroatoms. The number of nitrogens with one attached hydrogen (secondary N) is 1. The van der Waals surface area contributed by atoms with Crippen molar-refractivity contribution in [2.24, 2.45) is 5.73 Å². The summed E-state index contributed by atoms with van der Waals surface area (Å²) in [5, 5.41) is 7.33. The van der Waals surface area contributed by atoms with Gasteiger partial charge in [0.15, 0.2) is 15.7 Å². The number of benzene rings is 1. The largest absolute Gasteiger partial charge is 0.384 e. The van der Waals surface area contributed by atoms with Gasteiger partial charge in [-0.05, 0) is 28.1 Å². The molecule has 0 amide bonds. The number of amidine groups is 1. The predicted molar refractivity (Wildman–Crippen MR) is 76.0 cm³/mol. The van der Waals surface area contributed by atoms with Crippen LogP contribution >= 0.6 is 15.9 Å². The van der Waals surface area contributed by atoms with Gasteiger partial charge in [-0.2, -0.15) is 0 Å². The lowest BCUT2D eigenvalue weighted by molar-refractivity contribution is 0.580. The molecule has 2 rings (SSSR count). The van der Waals surface area contributed by atoms with Crippen LogP contribution in [-0.2, 0) is 9.84 Å². The Labute approximate surface area is 119 Å². The molecule has 1 aliphatic rings. The summed E-state index contributed by atoms with van der Waals surface area (Å²) in [5.41, 5.74) is 5.95. The molecule has 1 saturated heterocycles. The zero-order valence-electron chi connectivity index (χ0n) is 9.99. The number of hydrogen-bond donors (Lipinski definition) is 2. The van der Waals surface area contributed by atoms with Crippen LogP contribution < -0.4 is 10.6 Å². The summed E-state index contributed by atoms with van der Waals surface area (Å²) < 4.78 is 37.0. The minimum atomic E-state index is -3.00. The average Bonchev–Trinajstić information content (AvgIpc) is 2.33. The molecule has 0 saturated carbocycles. The number of halogens is 2. The van der Waals surface area contributed by atoms with Crippen molar-refractivity contribution in [1.82, 2.24) is 0 Å². The van der Waals surface area contributed by atoms with E-state index in [4.69, 9.17) is 11.1 Å². The van der Waals surface area contributed by atoms with Crippen molar-refractivity contribution < 1.29 is 12.8 Å². The molecule has 1 heterocycles. The second-order valence-corrected chi connectivity index (χ2v) is 7.41. The molecule has 1 aliphatic heterocycles. The Morgan fingerprint density at radius 2 is 1.95 bits per heavy atom. The summed E-state index contributed by atoms with van der Waals surface area (Å²) in [7, 11) is -3.00. The van der Waals surface area contributed by atoms with Crippen molar-refractivity contribution in [3.63, 3.8) is 0 Å². The van der Waals surface area contributed by atoms with Gasteiger partial charge in [-0.25, -0.2) is 12.8 Å². The van der Waals surface area contributed by atoms with Crippen molar-refractivity contribution in [3.8, 4) is 0 Å². The second-order valence-electron chi connectivity index (χ2n) is 4.31. The monoisotopic (exact) mass is 349 g/mol. The number of rotatable bonds is 2. The van der Waals surface area contributed by atoms with Gasteiger partial charge < -0.3 is 10.6 Å². The normalized spacial score (nSPS) is 18.3. The van der Waals surface area contributed by atoms with Gasteiger partial charge in [-0.15, -0.1) is 0 Å². The number of anilines is 1. The maximum Gasteiger partial charge on any atom is 0.161 e. The third-order valence-corrected chi connectivity index (χ3v) is 5.42. The van der Waals surface area contributed by atoms with Crippen LogP contribution in [-0.4, -0.2) is 38.8 Å². The fourth-order valence-electron chi connectivity index (χ4n) is 1.94. The summed E-state index contributed by atoms with van der Waals surface area (Å²) >= 11 is 3.08. The zero-order chi connectivity index (χ0) is 14.2. The third-order valence-electron chi connectivity index (χ3n) is 3.04. The molecule has 0 aromatic heterocycles. The van der Waals surface area contributed by atoms with Crippen molar-refractivity contribution >= 4 is 37.3 Å². The molecule has 0 spiro atoms. The highest BCUT2D eigenvalue weighted by atomic mass is 79.9. The summed E-state index contributed by atoms with van der Waals surface area (Å²) in [6, 6.07) is 3.07. The molecular weight excluding hydrogens is 337 g/mol. The van der Waals surface area contributed by atoms with Gasteiger partial charge in [-0.3, -0.25) is 5.41 Å². The SMILES string of the molecule is N=C(N)c1ccc(N2CCS(=O)(=O)CC2)c(F)c1Br. The Morgan fingerprint density at radius 3 is 2.47 bits per heavy atom. The minimum absolute atomic E-state index is 0.0263. The molecule has 5 nitrogen and oxygen atoms in total. The number of nitrogen functional groups attached to an aromatic ring is 1. The van der Waals surface area contributed by atoms with Crippen LogP contribution in [0.3, 0.4) is 0 Å². The molecule has 1 aromatic carbocycles. The molecule has 104 valence electrons. The Hall–Kier alpha value is -1.15. The van der Waals surface area contributed by atoms with E-state index in [-0.39, 0.29) is 40.5 Å². The van der Waals surface area contributed by atoms with E-state index in [9.17, 15) is 12.8 Å². The van der Waals surface area contributed by atoms with E-state index in [0.29, 0.717) is 5.69 Å². The van der Waals surface area contributed by atoms with Crippen LogP contribution in [0, 0.1) is 11.2 Å². The summed E-state index contributed by atoms with van der Waals surface area (Å²) in [6.45, 7) is 0.538. The van der Waals surface area contributed by atoms with Gasteiger partial charge in [0.05, 0.1) is 21.7 Å². The van der Waals surface area contributed by atoms with Gasteiger partial charge >= 0.3 is 0 Å². The molecule has 3 N–H and O–H groups in total. The van der Waals surface area contributed by atoms with E-state index in [1.165, 1.54) is 6.07 Å². The summed E-state index contributed by atoms with van der Waals surface area (Å²) in [4.78, 5) is 1.69. The third kappa shape index (κ3) is 2.89. The summed E-state index contributed by atoms with van der Waals surface area (Å²) in [6.07, 6.45) is 0. The lowest BCUT2D eigenvalue weighted by Gasteiger charge is -2.29. The van der Waals surface area contributed by atoms with Crippen LogP contribution in [0.25, 0.3) is 0 Å². The maximum absolute atomic E-state index is 14.2. The quantitative estimate of drug-likeness (QED) is 0.618. The smallest absolute Gasteiger partial charge is 0.161 e. The van der Waals surface area contributed by atoms with E-state index in [0.717, 1.165) is 0 Å². The minimum Gasteiger partial charge on any atom is -0.384 e. The van der Waals surface area contributed by atoms with Crippen molar-refractivity contribution in [2.75, 3.05) is 29.5 Å². The Kier molecular flexibility index (Phi) is 3.82. The number of nitrogens with two attached hydrogens (primary N) is 1. The number of nitrogens with zero attached hydrogens (tertiary/aromatic N) is 1. The lowest BCUT2D eigenvalue weighted by Crippen LogP contribution is -2.40. The predicted octanol–water partition coefficient (Wildman–Crippen LogP) is 1.11. The molecule has 0 aliphatic carbocycles. The molecule has 1 aromatic rings. The number of sulfone groups is 1. The highest BCUT2D eigenvalue weighted by Gasteiger charge is 2.25. The van der Waals surface area contributed by atoms with Gasteiger partial charge in [0.25, 0.3) is 0 Å². The fraction of sp³-hybridized carbons (Fsp3) is 0.364. The number of hydrogen-bond acceptors (Lipinski definition) is 4. The highest BCUT2D eigenvalue weighted by Crippen LogP contribution is 2.30. The van der Waals surface area contributed by atoms with E-state index < -0.39 is 15.7 Å². The lowest BCUT2D eigenvalue weighted by atomic mass is 10.1. The molecular formula is C11H13BrFN3O2S. The molecule has 0 atom stereocenters. The van der Waals surface area contributed by atoms with Crippen LogP contribution in [0.2, 0.25) is 0 Å². The van der Waals surface area contributed by atoms with Crippen LogP contribution in [0.1, 0.15) is 5.56 Å². The fourth-order valence-corrected chi connectivity index (χ4v) is 3.69. The Balaban J connectivity index is 2.32. The van der Waals surface area contributed by atoms with Crippen LogP contribution in [0.4, 0.5) is 10.1 Å². The van der Waals surface area contributed by atoms with E-state index in [1.807, 2.05) is 0 Å². The maximum atomic E-state index is 14.2. The topological polar surface area (TPSA) is 87.2 Å². The molecule has 0 bridgehead atoms.